The quantitative estimate of drug-likeness (QED) is 0.663. The number of benzene rings is 2. The summed E-state index contributed by atoms with van der Waals surface area (Å²) in [6.45, 7) is 0. The zero-order valence-electron chi connectivity index (χ0n) is 9.21. The minimum atomic E-state index is 0.842. The van der Waals surface area contributed by atoms with Gasteiger partial charge in [0.1, 0.15) is 0 Å². The predicted octanol–water partition coefficient (Wildman–Crippen LogP) is 1.23. The zero-order valence-corrected chi connectivity index (χ0v) is 9.21. The molecule has 0 saturated carbocycles. The molecule has 0 aliphatic carbocycles. The molecule has 0 unspecified atom stereocenters. The third-order valence-electron chi connectivity index (χ3n) is 2.91. The van der Waals surface area contributed by atoms with E-state index in [1.165, 1.54) is 0 Å². The van der Waals surface area contributed by atoms with E-state index < -0.39 is 0 Å². The molecule has 3 rings (SSSR count). The van der Waals surface area contributed by atoms with Crippen LogP contribution >= 0.6 is 0 Å². The van der Waals surface area contributed by atoms with Crippen molar-refractivity contribution in [3.63, 3.8) is 0 Å². The lowest BCUT2D eigenvalue weighted by atomic mass is 10.1. The van der Waals surface area contributed by atoms with Gasteiger partial charge in [-0.3, -0.25) is 9.69 Å². The molecule has 2 aromatic carbocycles. The molecule has 0 spiro atoms. The van der Waals surface area contributed by atoms with Gasteiger partial charge in [0, 0.05) is 6.20 Å². The van der Waals surface area contributed by atoms with Crippen molar-refractivity contribution < 1.29 is 4.79 Å². The number of carbonyl (C=O) groups is 1. The molecular formula is C15H11NO. The highest BCUT2D eigenvalue weighted by Crippen LogP contribution is 2.20. The number of hydrogen-bond acceptors (Lipinski definition) is 1. The van der Waals surface area contributed by atoms with Gasteiger partial charge >= 0.3 is 0 Å². The Bertz CT molecular complexity index is 688. The van der Waals surface area contributed by atoms with Crippen LogP contribution in [0.1, 0.15) is 5.56 Å². The molecule has 0 fully saturated rings. The smallest absolute Gasteiger partial charge is 0.218 e. The van der Waals surface area contributed by atoms with Crippen LogP contribution in [0.15, 0.2) is 48.5 Å². The molecule has 0 aromatic heterocycles. The summed E-state index contributed by atoms with van der Waals surface area (Å²) in [5, 5.41) is 2.18. The molecule has 82 valence electrons. The largest absolute Gasteiger partial charge is 0.289 e. The van der Waals surface area contributed by atoms with Gasteiger partial charge in [0.05, 0.1) is 5.69 Å². The maximum Gasteiger partial charge on any atom is 0.218 e. The molecule has 2 nitrogen and oxygen atoms in total. The van der Waals surface area contributed by atoms with Gasteiger partial charge in [-0.15, -0.1) is 0 Å². The highest BCUT2D eigenvalue weighted by molar-refractivity contribution is 5.89. The first-order valence-electron chi connectivity index (χ1n) is 5.50. The third kappa shape index (κ3) is 1.64. The summed E-state index contributed by atoms with van der Waals surface area (Å²) < 4.78 is 0. The van der Waals surface area contributed by atoms with Gasteiger partial charge in [0.25, 0.3) is 0 Å². The average molecular weight is 221 g/mol. The first kappa shape index (κ1) is 9.85. The second kappa shape index (κ2) is 3.91. The molecular weight excluding hydrogens is 210 g/mol. The van der Waals surface area contributed by atoms with E-state index in [1.54, 1.807) is 4.90 Å². The Balaban J connectivity index is 2.40. The molecule has 0 saturated heterocycles. The maximum atomic E-state index is 11.2. The molecule has 0 radical (unpaired) electrons. The second-order valence-electron chi connectivity index (χ2n) is 3.97. The van der Waals surface area contributed by atoms with E-state index in [0.29, 0.717) is 0 Å². The molecule has 0 N–H and O–H groups in total. The van der Waals surface area contributed by atoms with Gasteiger partial charge in [-0.2, -0.15) is 0 Å². The molecule has 17 heavy (non-hydrogen) atoms. The van der Waals surface area contributed by atoms with Gasteiger partial charge < -0.3 is 0 Å². The summed E-state index contributed by atoms with van der Waals surface area (Å²) in [6.07, 6.45) is 4.81. The van der Waals surface area contributed by atoms with Gasteiger partial charge in [-0.05, 0) is 28.1 Å². The average Bonchev–Trinajstić information content (AvgIpc) is 2.54. The van der Waals surface area contributed by atoms with Crippen molar-refractivity contribution in [2.75, 3.05) is 4.90 Å². The Morgan fingerprint density at radius 3 is 2.41 bits per heavy atom. The maximum absolute atomic E-state index is 11.2. The number of fused-ring (bicyclic) bond motifs is 2. The minimum Gasteiger partial charge on any atom is -0.289 e. The number of carbonyl (C=O) groups excluding carboxylic acids is 1. The van der Waals surface area contributed by atoms with Crippen LogP contribution in [0.2, 0.25) is 0 Å². The Labute approximate surface area is 99.1 Å². The highest BCUT2D eigenvalue weighted by Gasteiger charge is 2.08. The number of rotatable bonds is 1. The summed E-state index contributed by atoms with van der Waals surface area (Å²) in [7, 11) is 0. The number of para-hydroxylation sites is 1. The van der Waals surface area contributed by atoms with Crippen molar-refractivity contribution in [2.24, 2.45) is 0 Å². The lowest BCUT2D eigenvalue weighted by Gasteiger charge is -2.13. The van der Waals surface area contributed by atoms with Crippen LogP contribution < -0.4 is 15.3 Å². The Morgan fingerprint density at radius 1 is 0.882 bits per heavy atom. The summed E-state index contributed by atoms with van der Waals surface area (Å²) in [5.41, 5.74) is 1.97. The first-order chi connectivity index (χ1) is 8.38. The van der Waals surface area contributed by atoms with E-state index in [0.717, 1.165) is 28.1 Å². The van der Waals surface area contributed by atoms with Crippen molar-refractivity contribution >= 4 is 24.4 Å². The third-order valence-corrected chi connectivity index (χ3v) is 2.91. The summed E-state index contributed by atoms with van der Waals surface area (Å²) in [5.74, 6) is 0. The van der Waals surface area contributed by atoms with E-state index in [9.17, 15) is 4.79 Å². The molecule has 2 heteroatoms. The molecule has 1 aliphatic rings. The fourth-order valence-corrected chi connectivity index (χ4v) is 2.08. The van der Waals surface area contributed by atoms with Gasteiger partial charge in [-0.1, -0.05) is 42.5 Å². The van der Waals surface area contributed by atoms with Crippen LogP contribution in [0.5, 0.6) is 0 Å². The molecule has 1 aliphatic heterocycles. The standard InChI is InChI=1S/C15H11NO/c17-11-16-10-14-7-2-1-5-12(14)9-13-6-3-4-8-15(13)16/h1-11H. The normalized spacial score (nSPS) is 12.6. The van der Waals surface area contributed by atoms with Crippen molar-refractivity contribution in [1.29, 1.82) is 0 Å². The van der Waals surface area contributed by atoms with Crippen LogP contribution in [0.4, 0.5) is 5.69 Å². The number of hydrogen-bond donors (Lipinski definition) is 0. The highest BCUT2D eigenvalue weighted by atomic mass is 16.1. The minimum absolute atomic E-state index is 0.842. The van der Waals surface area contributed by atoms with Crippen LogP contribution in [0, 0.1) is 0 Å². The Kier molecular flexibility index (Phi) is 2.26. The summed E-state index contributed by atoms with van der Waals surface area (Å²) in [4.78, 5) is 12.8. The summed E-state index contributed by atoms with van der Waals surface area (Å²) >= 11 is 0. The number of nitrogens with zero attached hydrogens (tertiary/aromatic N) is 1. The predicted molar refractivity (Wildman–Crippen MR) is 68.7 cm³/mol. The SMILES string of the molecule is O=CN1C=c2ccccc2=Cc2ccccc21. The van der Waals surface area contributed by atoms with E-state index in [4.69, 9.17) is 0 Å². The second-order valence-corrected chi connectivity index (χ2v) is 3.97. The first-order valence-corrected chi connectivity index (χ1v) is 5.50. The molecule has 1 heterocycles. The molecule has 2 aromatic rings. The van der Waals surface area contributed by atoms with E-state index in [1.807, 2.05) is 48.7 Å². The van der Waals surface area contributed by atoms with Crippen molar-refractivity contribution in [2.45, 2.75) is 0 Å². The van der Waals surface area contributed by atoms with Crippen molar-refractivity contribution in [3.05, 3.63) is 64.5 Å². The van der Waals surface area contributed by atoms with Gasteiger partial charge in [-0.25, -0.2) is 0 Å². The number of amides is 1. The van der Waals surface area contributed by atoms with Crippen LogP contribution in [-0.4, -0.2) is 6.41 Å². The van der Waals surface area contributed by atoms with Crippen molar-refractivity contribution in [1.82, 2.24) is 0 Å². The Morgan fingerprint density at radius 2 is 1.59 bits per heavy atom. The zero-order chi connectivity index (χ0) is 11.7. The van der Waals surface area contributed by atoms with Gasteiger partial charge in [0.2, 0.25) is 6.41 Å². The molecule has 1 amide bonds. The topological polar surface area (TPSA) is 20.3 Å². The monoisotopic (exact) mass is 221 g/mol. The number of anilines is 1. The van der Waals surface area contributed by atoms with Gasteiger partial charge in [0.15, 0.2) is 0 Å². The Hall–Kier alpha value is -2.35. The fraction of sp³-hybridized carbons (Fsp3) is 0. The van der Waals surface area contributed by atoms with Crippen LogP contribution in [0.25, 0.3) is 12.3 Å². The fourth-order valence-electron chi connectivity index (χ4n) is 2.08. The molecule has 0 bridgehead atoms. The lowest BCUT2D eigenvalue weighted by molar-refractivity contribution is -0.106. The van der Waals surface area contributed by atoms with E-state index in [2.05, 4.69) is 12.1 Å². The van der Waals surface area contributed by atoms with Crippen LogP contribution in [-0.2, 0) is 4.79 Å². The molecule has 0 atom stereocenters. The summed E-state index contributed by atoms with van der Waals surface area (Å²) in [6, 6.07) is 15.9. The lowest BCUT2D eigenvalue weighted by Crippen LogP contribution is -2.26. The van der Waals surface area contributed by atoms with Crippen LogP contribution in [0.3, 0.4) is 0 Å². The van der Waals surface area contributed by atoms with Crippen molar-refractivity contribution in [3.8, 4) is 0 Å². The van der Waals surface area contributed by atoms with E-state index in [-0.39, 0.29) is 0 Å². The van der Waals surface area contributed by atoms with E-state index >= 15 is 0 Å².